The predicted octanol–water partition coefficient (Wildman–Crippen LogP) is 1.21. The van der Waals surface area contributed by atoms with Crippen molar-refractivity contribution in [3.05, 3.63) is 29.1 Å². The maximum atomic E-state index is 13.5. The number of halogens is 3. The SMILES string of the molecule is Oc1c(F)c(F)cc(CN2CCNCC2)c1F. The quantitative estimate of drug-likeness (QED) is 0.770. The molecule has 1 fully saturated rings. The van der Waals surface area contributed by atoms with Gasteiger partial charge < -0.3 is 10.4 Å². The highest BCUT2D eigenvalue weighted by Crippen LogP contribution is 2.26. The number of nitrogens with one attached hydrogen (secondary N) is 1. The summed E-state index contributed by atoms with van der Waals surface area (Å²) in [5.74, 6) is -5.09. The third-order valence-corrected chi connectivity index (χ3v) is 2.81. The van der Waals surface area contributed by atoms with Crippen molar-refractivity contribution in [1.82, 2.24) is 10.2 Å². The summed E-state index contributed by atoms with van der Waals surface area (Å²) in [6.07, 6.45) is 0. The molecule has 0 aliphatic carbocycles. The van der Waals surface area contributed by atoms with Crippen molar-refractivity contribution in [3.8, 4) is 5.75 Å². The number of hydrogen-bond donors (Lipinski definition) is 2. The Morgan fingerprint density at radius 3 is 2.47 bits per heavy atom. The van der Waals surface area contributed by atoms with Gasteiger partial charge in [0.25, 0.3) is 0 Å². The topological polar surface area (TPSA) is 35.5 Å². The summed E-state index contributed by atoms with van der Waals surface area (Å²) in [5, 5.41) is 12.2. The third kappa shape index (κ3) is 2.53. The van der Waals surface area contributed by atoms with Gasteiger partial charge in [0.05, 0.1) is 0 Å². The van der Waals surface area contributed by atoms with Crippen molar-refractivity contribution in [1.29, 1.82) is 0 Å². The smallest absolute Gasteiger partial charge is 0.203 e. The highest BCUT2D eigenvalue weighted by Gasteiger charge is 2.20. The lowest BCUT2D eigenvalue weighted by atomic mass is 10.1. The summed E-state index contributed by atoms with van der Waals surface area (Å²) in [6, 6.07) is 0.798. The number of benzene rings is 1. The summed E-state index contributed by atoms with van der Waals surface area (Å²) in [6.45, 7) is 3.13. The van der Waals surface area contributed by atoms with Crippen LogP contribution in [0.4, 0.5) is 13.2 Å². The van der Waals surface area contributed by atoms with Gasteiger partial charge in [-0.2, -0.15) is 4.39 Å². The highest BCUT2D eigenvalue weighted by atomic mass is 19.2. The zero-order valence-electron chi connectivity index (χ0n) is 9.14. The van der Waals surface area contributed by atoms with Gasteiger partial charge in [0.15, 0.2) is 17.4 Å². The first-order valence-electron chi connectivity index (χ1n) is 5.38. The first kappa shape index (κ1) is 12.2. The number of nitrogens with zero attached hydrogens (tertiary/aromatic N) is 1. The van der Waals surface area contributed by atoms with Gasteiger partial charge in [-0.25, -0.2) is 8.78 Å². The van der Waals surface area contributed by atoms with E-state index in [4.69, 9.17) is 5.11 Å². The van der Waals surface area contributed by atoms with Gasteiger partial charge in [-0.05, 0) is 6.07 Å². The van der Waals surface area contributed by atoms with E-state index in [0.717, 1.165) is 19.2 Å². The van der Waals surface area contributed by atoms with Gasteiger partial charge in [0.2, 0.25) is 5.82 Å². The molecule has 0 radical (unpaired) electrons. The van der Waals surface area contributed by atoms with Crippen molar-refractivity contribution < 1.29 is 18.3 Å². The third-order valence-electron chi connectivity index (χ3n) is 2.81. The molecule has 1 heterocycles. The van der Waals surface area contributed by atoms with Crippen LogP contribution in [0.5, 0.6) is 5.75 Å². The fraction of sp³-hybridized carbons (Fsp3) is 0.455. The Kier molecular flexibility index (Phi) is 3.54. The van der Waals surface area contributed by atoms with Crippen LogP contribution in [0.15, 0.2) is 6.07 Å². The van der Waals surface area contributed by atoms with E-state index < -0.39 is 23.2 Å². The molecule has 1 aromatic carbocycles. The summed E-state index contributed by atoms with van der Waals surface area (Å²) < 4.78 is 39.4. The fourth-order valence-corrected chi connectivity index (χ4v) is 1.87. The number of aromatic hydroxyl groups is 1. The molecule has 94 valence electrons. The van der Waals surface area contributed by atoms with Crippen LogP contribution in [0, 0.1) is 17.5 Å². The van der Waals surface area contributed by atoms with Gasteiger partial charge in [0, 0.05) is 38.3 Å². The van der Waals surface area contributed by atoms with Crippen molar-refractivity contribution in [3.63, 3.8) is 0 Å². The Hall–Kier alpha value is -1.27. The van der Waals surface area contributed by atoms with Gasteiger partial charge in [-0.3, -0.25) is 4.90 Å². The maximum Gasteiger partial charge on any atom is 0.203 e. The van der Waals surface area contributed by atoms with Gasteiger partial charge in [-0.15, -0.1) is 0 Å². The molecule has 1 saturated heterocycles. The molecule has 1 aliphatic rings. The molecule has 0 unspecified atom stereocenters. The molecule has 0 spiro atoms. The van der Waals surface area contributed by atoms with Crippen LogP contribution >= 0.6 is 0 Å². The van der Waals surface area contributed by atoms with Gasteiger partial charge in [0.1, 0.15) is 0 Å². The first-order valence-corrected chi connectivity index (χ1v) is 5.38. The minimum absolute atomic E-state index is 0.0247. The second-order valence-corrected chi connectivity index (χ2v) is 4.02. The van der Waals surface area contributed by atoms with E-state index >= 15 is 0 Å². The van der Waals surface area contributed by atoms with E-state index in [1.54, 1.807) is 0 Å². The molecule has 2 N–H and O–H groups in total. The standard InChI is InChI=1S/C11H13F3N2O/c12-8-5-7(9(13)11(17)10(8)14)6-16-3-1-15-2-4-16/h5,15,17H,1-4,6H2. The second-order valence-electron chi connectivity index (χ2n) is 4.02. The monoisotopic (exact) mass is 246 g/mol. The van der Waals surface area contributed by atoms with E-state index in [-0.39, 0.29) is 12.1 Å². The van der Waals surface area contributed by atoms with Crippen LogP contribution in [0.1, 0.15) is 5.56 Å². The highest BCUT2D eigenvalue weighted by molar-refractivity contribution is 5.32. The zero-order chi connectivity index (χ0) is 12.4. The summed E-state index contributed by atoms with van der Waals surface area (Å²) in [4.78, 5) is 1.91. The molecule has 2 rings (SSSR count). The lowest BCUT2D eigenvalue weighted by Crippen LogP contribution is -2.43. The largest absolute Gasteiger partial charge is 0.503 e. The molecule has 6 heteroatoms. The van der Waals surface area contributed by atoms with Crippen molar-refractivity contribution in [2.75, 3.05) is 26.2 Å². The normalized spacial score (nSPS) is 17.4. The number of phenolic OH excluding ortho intramolecular Hbond substituents is 1. The molecule has 1 aromatic rings. The Labute approximate surface area is 96.9 Å². The van der Waals surface area contributed by atoms with E-state index in [0.29, 0.717) is 13.1 Å². The fourth-order valence-electron chi connectivity index (χ4n) is 1.87. The minimum atomic E-state index is -1.54. The van der Waals surface area contributed by atoms with Gasteiger partial charge in [-0.1, -0.05) is 0 Å². The van der Waals surface area contributed by atoms with E-state index in [9.17, 15) is 13.2 Å². The predicted molar refractivity (Wildman–Crippen MR) is 56.1 cm³/mol. The molecule has 0 bridgehead atoms. The van der Waals surface area contributed by atoms with Crippen LogP contribution < -0.4 is 5.32 Å². The zero-order valence-corrected chi connectivity index (χ0v) is 9.14. The van der Waals surface area contributed by atoms with Crippen molar-refractivity contribution in [2.24, 2.45) is 0 Å². The van der Waals surface area contributed by atoms with Crippen LogP contribution in [0.25, 0.3) is 0 Å². The Morgan fingerprint density at radius 2 is 1.82 bits per heavy atom. The molecule has 1 aliphatic heterocycles. The summed E-state index contributed by atoms with van der Waals surface area (Å²) >= 11 is 0. The van der Waals surface area contributed by atoms with E-state index in [1.165, 1.54) is 0 Å². The minimum Gasteiger partial charge on any atom is -0.503 e. The van der Waals surface area contributed by atoms with E-state index in [2.05, 4.69) is 5.32 Å². The van der Waals surface area contributed by atoms with Crippen molar-refractivity contribution >= 4 is 0 Å². The number of rotatable bonds is 2. The van der Waals surface area contributed by atoms with Crippen molar-refractivity contribution in [2.45, 2.75) is 6.54 Å². The second kappa shape index (κ2) is 4.93. The molecule has 0 aromatic heterocycles. The lowest BCUT2D eigenvalue weighted by molar-refractivity contribution is 0.228. The molecule has 0 amide bonds. The Morgan fingerprint density at radius 1 is 1.18 bits per heavy atom. The first-order chi connectivity index (χ1) is 8.09. The van der Waals surface area contributed by atoms with Gasteiger partial charge >= 0.3 is 0 Å². The molecule has 0 saturated carbocycles. The molecular weight excluding hydrogens is 233 g/mol. The molecule has 0 atom stereocenters. The van der Waals surface area contributed by atoms with E-state index in [1.807, 2.05) is 4.90 Å². The summed E-state index contributed by atoms with van der Waals surface area (Å²) in [7, 11) is 0. The number of phenols is 1. The summed E-state index contributed by atoms with van der Waals surface area (Å²) in [5.41, 5.74) is -0.0247. The van der Waals surface area contributed by atoms with Crippen LogP contribution in [-0.2, 0) is 6.54 Å². The molecular formula is C11H13F3N2O. The Balaban J connectivity index is 2.20. The van der Waals surface area contributed by atoms with Crippen LogP contribution in [-0.4, -0.2) is 36.2 Å². The average molecular weight is 246 g/mol. The Bertz CT molecular complexity index is 420. The number of piperazine rings is 1. The average Bonchev–Trinajstić information content (AvgIpc) is 2.35. The molecule has 3 nitrogen and oxygen atoms in total. The van der Waals surface area contributed by atoms with Crippen LogP contribution in [0.2, 0.25) is 0 Å². The lowest BCUT2D eigenvalue weighted by Gasteiger charge is -2.27. The van der Waals surface area contributed by atoms with Crippen LogP contribution in [0.3, 0.4) is 0 Å². The maximum absolute atomic E-state index is 13.5. The molecule has 17 heavy (non-hydrogen) atoms. The number of hydrogen-bond acceptors (Lipinski definition) is 3.